The maximum atomic E-state index is 13.7. The Balaban J connectivity index is 2.35. The second-order valence-electron chi connectivity index (χ2n) is 5.21. The first-order valence-electron chi connectivity index (χ1n) is 6.54. The van der Waals surface area contributed by atoms with E-state index in [1.807, 2.05) is 39.8 Å². The number of nitrogens with one attached hydrogen (secondary N) is 1. The quantitative estimate of drug-likeness (QED) is 0.866. The van der Waals surface area contributed by atoms with Gasteiger partial charge in [0.2, 0.25) is 0 Å². The molecule has 0 bridgehead atoms. The fraction of sp³-hybridized carbons (Fsp3) is 0.235. The monoisotopic (exact) mass is 271 g/mol. The number of rotatable bonds is 2. The van der Waals surface area contributed by atoms with E-state index in [0.29, 0.717) is 0 Å². The third kappa shape index (κ3) is 2.87. The van der Waals surface area contributed by atoms with Gasteiger partial charge in [-0.05, 0) is 51.0 Å². The lowest BCUT2D eigenvalue weighted by Crippen LogP contribution is -2.15. The van der Waals surface area contributed by atoms with Crippen LogP contribution in [0, 0.1) is 33.5 Å². The highest BCUT2D eigenvalue weighted by Gasteiger charge is 2.14. The summed E-state index contributed by atoms with van der Waals surface area (Å²) in [5, 5.41) is 2.81. The van der Waals surface area contributed by atoms with Gasteiger partial charge in [0.25, 0.3) is 5.91 Å². The normalized spacial score (nSPS) is 10.4. The summed E-state index contributed by atoms with van der Waals surface area (Å²) in [5.41, 5.74) is 4.77. The van der Waals surface area contributed by atoms with E-state index in [1.165, 1.54) is 6.07 Å². The predicted molar refractivity (Wildman–Crippen MR) is 79.7 cm³/mol. The van der Waals surface area contributed by atoms with Gasteiger partial charge in [-0.1, -0.05) is 29.3 Å². The maximum absolute atomic E-state index is 13.7. The highest BCUT2D eigenvalue weighted by molar-refractivity contribution is 6.05. The number of anilines is 1. The molecule has 2 nitrogen and oxygen atoms in total. The Labute approximate surface area is 118 Å². The number of hydrogen-bond donors (Lipinski definition) is 1. The van der Waals surface area contributed by atoms with Gasteiger partial charge in [0.05, 0.1) is 5.56 Å². The van der Waals surface area contributed by atoms with Gasteiger partial charge in [0.15, 0.2) is 0 Å². The molecule has 0 atom stereocenters. The largest absolute Gasteiger partial charge is 0.321 e. The Bertz CT molecular complexity index is 654. The van der Waals surface area contributed by atoms with E-state index in [9.17, 15) is 9.18 Å². The minimum absolute atomic E-state index is 0.0735. The van der Waals surface area contributed by atoms with Gasteiger partial charge in [0.1, 0.15) is 5.82 Å². The van der Waals surface area contributed by atoms with Crippen LogP contribution in [0.4, 0.5) is 10.1 Å². The van der Waals surface area contributed by atoms with Crippen LogP contribution >= 0.6 is 0 Å². The van der Waals surface area contributed by atoms with Gasteiger partial charge in [-0.25, -0.2) is 4.39 Å². The molecule has 0 spiro atoms. The van der Waals surface area contributed by atoms with Crippen molar-refractivity contribution in [1.82, 2.24) is 0 Å². The fourth-order valence-electron chi connectivity index (χ4n) is 2.37. The SMILES string of the molecule is Cc1cc(C)c(NC(=O)c2cc(C)ccc2F)c(C)c1. The van der Waals surface area contributed by atoms with Gasteiger partial charge in [-0.3, -0.25) is 4.79 Å². The molecule has 0 aliphatic carbocycles. The number of carbonyl (C=O) groups excluding carboxylic acids is 1. The van der Waals surface area contributed by atoms with Crippen LogP contribution in [0.5, 0.6) is 0 Å². The second-order valence-corrected chi connectivity index (χ2v) is 5.21. The highest BCUT2D eigenvalue weighted by atomic mass is 19.1. The lowest BCUT2D eigenvalue weighted by molar-refractivity contribution is 0.102. The van der Waals surface area contributed by atoms with Gasteiger partial charge in [-0.2, -0.15) is 0 Å². The molecular formula is C17H18FNO. The Morgan fingerprint density at radius 2 is 1.55 bits per heavy atom. The van der Waals surface area contributed by atoms with E-state index < -0.39 is 11.7 Å². The molecule has 0 fully saturated rings. The minimum Gasteiger partial charge on any atom is -0.321 e. The first kappa shape index (κ1) is 14.3. The first-order valence-corrected chi connectivity index (χ1v) is 6.54. The van der Waals surface area contributed by atoms with Crippen molar-refractivity contribution in [1.29, 1.82) is 0 Å². The number of halogens is 1. The molecule has 1 N–H and O–H groups in total. The van der Waals surface area contributed by atoms with Crippen LogP contribution in [-0.4, -0.2) is 5.91 Å². The molecule has 20 heavy (non-hydrogen) atoms. The predicted octanol–water partition coefficient (Wildman–Crippen LogP) is 4.31. The molecule has 104 valence electrons. The average molecular weight is 271 g/mol. The zero-order valence-electron chi connectivity index (χ0n) is 12.2. The Kier molecular flexibility index (Phi) is 3.89. The van der Waals surface area contributed by atoms with Crippen LogP contribution in [0.3, 0.4) is 0 Å². The summed E-state index contributed by atoms with van der Waals surface area (Å²) in [4.78, 5) is 12.2. The van der Waals surface area contributed by atoms with Gasteiger partial charge < -0.3 is 5.32 Å². The van der Waals surface area contributed by atoms with E-state index in [1.54, 1.807) is 12.1 Å². The van der Waals surface area contributed by atoms with Crippen molar-refractivity contribution in [3.63, 3.8) is 0 Å². The standard InChI is InChI=1S/C17H18FNO/c1-10-5-6-15(18)14(9-10)17(20)19-16-12(3)7-11(2)8-13(16)4/h5-9H,1-4H3,(H,19,20). The van der Waals surface area contributed by atoms with Crippen molar-refractivity contribution in [3.8, 4) is 0 Å². The molecule has 3 heteroatoms. The minimum atomic E-state index is -0.504. The molecule has 0 aliphatic rings. The summed E-state index contributed by atoms with van der Waals surface area (Å²) in [7, 11) is 0. The molecule has 0 radical (unpaired) electrons. The number of amides is 1. The van der Waals surface area contributed by atoms with Crippen molar-refractivity contribution in [3.05, 3.63) is 64.0 Å². The molecule has 0 aliphatic heterocycles. The Morgan fingerprint density at radius 1 is 0.950 bits per heavy atom. The van der Waals surface area contributed by atoms with E-state index in [4.69, 9.17) is 0 Å². The summed E-state index contributed by atoms with van der Waals surface area (Å²) >= 11 is 0. The van der Waals surface area contributed by atoms with Crippen LogP contribution in [0.1, 0.15) is 32.6 Å². The lowest BCUT2D eigenvalue weighted by atomic mass is 10.0. The molecular weight excluding hydrogens is 253 g/mol. The van der Waals surface area contributed by atoms with Crippen LogP contribution in [-0.2, 0) is 0 Å². The van der Waals surface area contributed by atoms with Crippen molar-refractivity contribution in [2.24, 2.45) is 0 Å². The van der Waals surface area contributed by atoms with Crippen molar-refractivity contribution in [2.45, 2.75) is 27.7 Å². The van der Waals surface area contributed by atoms with Gasteiger partial charge >= 0.3 is 0 Å². The lowest BCUT2D eigenvalue weighted by Gasteiger charge is -2.13. The number of aryl methyl sites for hydroxylation is 4. The number of carbonyl (C=O) groups is 1. The smallest absolute Gasteiger partial charge is 0.258 e. The van der Waals surface area contributed by atoms with E-state index in [0.717, 1.165) is 27.9 Å². The summed E-state index contributed by atoms with van der Waals surface area (Å²) in [6.45, 7) is 7.70. The topological polar surface area (TPSA) is 29.1 Å². The third-order valence-electron chi connectivity index (χ3n) is 3.28. The van der Waals surface area contributed by atoms with Crippen molar-refractivity contribution >= 4 is 11.6 Å². The fourth-order valence-corrected chi connectivity index (χ4v) is 2.37. The number of hydrogen-bond acceptors (Lipinski definition) is 1. The van der Waals surface area contributed by atoms with Crippen molar-refractivity contribution in [2.75, 3.05) is 5.32 Å². The van der Waals surface area contributed by atoms with Crippen LogP contribution in [0.2, 0.25) is 0 Å². The summed E-state index contributed by atoms with van der Waals surface area (Å²) < 4.78 is 13.7. The van der Waals surface area contributed by atoms with Crippen LogP contribution in [0.15, 0.2) is 30.3 Å². The Morgan fingerprint density at radius 3 is 2.15 bits per heavy atom. The zero-order chi connectivity index (χ0) is 14.9. The molecule has 2 aromatic rings. The van der Waals surface area contributed by atoms with Crippen LogP contribution in [0.25, 0.3) is 0 Å². The van der Waals surface area contributed by atoms with E-state index in [-0.39, 0.29) is 5.56 Å². The molecule has 2 aromatic carbocycles. The highest BCUT2D eigenvalue weighted by Crippen LogP contribution is 2.23. The summed E-state index contributed by atoms with van der Waals surface area (Å²) in [6.07, 6.45) is 0. The molecule has 0 saturated carbocycles. The summed E-state index contributed by atoms with van der Waals surface area (Å²) in [5.74, 6) is -0.920. The first-order chi connectivity index (χ1) is 9.38. The average Bonchev–Trinajstić information content (AvgIpc) is 2.36. The maximum Gasteiger partial charge on any atom is 0.258 e. The van der Waals surface area contributed by atoms with E-state index in [2.05, 4.69) is 5.32 Å². The molecule has 0 aromatic heterocycles. The molecule has 0 heterocycles. The third-order valence-corrected chi connectivity index (χ3v) is 3.28. The zero-order valence-corrected chi connectivity index (χ0v) is 12.2. The second kappa shape index (κ2) is 5.45. The molecule has 1 amide bonds. The summed E-state index contributed by atoms with van der Waals surface area (Å²) in [6, 6.07) is 8.52. The molecule has 2 rings (SSSR count). The van der Waals surface area contributed by atoms with Crippen molar-refractivity contribution < 1.29 is 9.18 Å². The van der Waals surface area contributed by atoms with Gasteiger partial charge in [0, 0.05) is 5.69 Å². The van der Waals surface area contributed by atoms with E-state index >= 15 is 0 Å². The molecule has 0 unspecified atom stereocenters. The molecule has 0 saturated heterocycles. The number of benzene rings is 2. The van der Waals surface area contributed by atoms with Crippen LogP contribution < -0.4 is 5.32 Å². The van der Waals surface area contributed by atoms with Gasteiger partial charge in [-0.15, -0.1) is 0 Å². The Hall–Kier alpha value is -2.16.